The number of hydrogen-bond donors (Lipinski definition) is 1. The molecule has 2 aromatic rings. The molecule has 4 bridgehead atoms. The van der Waals surface area contributed by atoms with Gasteiger partial charge in [-0.15, -0.1) is 0 Å². The largest absolute Gasteiger partial charge is 0.434 e. The average Bonchev–Trinajstić information content (AvgIpc) is 2.72. The van der Waals surface area contributed by atoms with Crippen molar-refractivity contribution < 1.29 is 14.3 Å². The molecule has 1 N–H and O–H groups in total. The molecule has 1 heterocycles. The first kappa shape index (κ1) is 18.2. The van der Waals surface area contributed by atoms with Gasteiger partial charge in [-0.05, 0) is 80.5 Å². The lowest BCUT2D eigenvalue weighted by Crippen LogP contribution is -2.66. The van der Waals surface area contributed by atoms with Crippen molar-refractivity contribution in [3.05, 3.63) is 60.4 Å². The second kappa shape index (κ2) is 7.17. The first-order chi connectivity index (χ1) is 14.1. The standard InChI is InChI=1S/C23H25N3O3/c27-21(19-4-2-1-3-5-19)25-26(22(28)29-20-6-8-24-9-7-20)23-13-16-10-17(14-23)12-18(11-16)15-23/h1-9,16-18H,10-15H2,(H,25,27). The van der Waals surface area contributed by atoms with E-state index in [2.05, 4.69) is 10.4 Å². The van der Waals surface area contributed by atoms with Crippen molar-refractivity contribution in [1.82, 2.24) is 15.4 Å². The first-order valence-electron chi connectivity index (χ1n) is 10.4. The molecule has 6 heteroatoms. The summed E-state index contributed by atoms with van der Waals surface area (Å²) in [6.07, 6.45) is 9.18. The van der Waals surface area contributed by atoms with E-state index < -0.39 is 6.09 Å². The van der Waals surface area contributed by atoms with Crippen molar-refractivity contribution in [3.63, 3.8) is 0 Å². The Kier molecular flexibility index (Phi) is 4.49. The molecule has 0 radical (unpaired) electrons. The number of ether oxygens (including phenoxy) is 1. The second-order valence-electron chi connectivity index (χ2n) is 8.84. The molecule has 6 nitrogen and oxygen atoms in total. The average molecular weight is 391 g/mol. The van der Waals surface area contributed by atoms with E-state index >= 15 is 0 Å². The van der Waals surface area contributed by atoms with Crippen LogP contribution in [0, 0.1) is 17.8 Å². The van der Waals surface area contributed by atoms with Crippen LogP contribution < -0.4 is 10.2 Å². The van der Waals surface area contributed by atoms with E-state index in [-0.39, 0.29) is 11.4 Å². The highest BCUT2D eigenvalue weighted by Gasteiger charge is 2.56. The fourth-order valence-electron chi connectivity index (χ4n) is 6.01. The van der Waals surface area contributed by atoms with E-state index in [9.17, 15) is 9.59 Å². The topological polar surface area (TPSA) is 71.5 Å². The lowest BCUT2D eigenvalue weighted by atomic mass is 9.53. The van der Waals surface area contributed by atoms with Crippen LogP contribution in [0.25, 0.3) is 0 Å². The van der Waals surface area contributed by atoms with Gasteiger partial charge in [0.15, 0.2) is 0 Å². The Morgan fingerprint density at radius 1 is 0.931 bits per heavy atom. The lowest BCUT2D eigenvalue weighted by Gasteiger charge is -2.59. The van der Waals surface area contributed by atoms with Gasteiger partial charge in [0.1, 0.15) is 5.75 Å². The smallest absolute Gasteiger partial charge is 0.409 e. The fourth-order valence-corrected chi connectivity index (χ4v) is 6.01. The summed E-state index contributed by atoms with van der Waals surface area (Å²) in [7, 11) is 0. The van der Waals surface area contributed by atoms with Gasteiger partial charge in [-0.1, -0.05) is 18.2 Å². The maximum atomic E-state index is 13.3. The van der Waals surface area contributed by atoms with E-state index in [4.69, 9.17) is 4.74 Å². The molecular formula is C23H25N3O3. The van der Waals surface area contributed by atoms with Crippen molar-refractivity contribution in [2.45, 2.75) is 44.1 Å². The van der Waals surface area contributed by atoms with Crippen LogP contribution in [0.5, 0.6) is 5.75 Å². The summed E-state index contributed by atoms with van der Waals surface area (Å²) in [5, 5.41) is 1.52. The molecule has 6 rings (SSSR count). The predicted octanol–water partition coefficient (Wildman–Crippen LogP) is 4.20. The van der Waals surface area contributed by atoms with Gasteiger partial charge in [-0.2, -0.15) is 0 Å². The minimum atomic E-state index is -0.526. The summed E-state index contributed by atoms with van der Waals surface area (Å²) in [4.78, 5) is 30.2. The SMILES string of the molecule is O=C(NN(C(=O)Oc1ccncc1)C12CC3CC(CC(C3)C1)C2)c1ccccc1. The lowest BCUT2D eigenvalue weighted by molar-refractivity contribution is -0.0894. The highest BCUT2D eigenvalue weighted by atomic mass is 16.6. The molecule has 4 aliphatic carbocycles. The Morgan fingerprint density at radius 2 is 1.52 bits per heavy atom. The molecule has 4 fully saturated rings. The minimum Gasteiger partial charge on any atom is -0.409 e. The predicted molar refractivity (Wildman–Crippen MR) is 107 cm³/mol. The Bertz CT molecular complexity index is 865. The van der Waals surface area contributed by atoms with Crippen molar-refractivity contribution in [2.75, 3.05) is 0 Å². The summed E-state index contributed by atoms with van der Waals surface area (Å²) in [6, 6.07) is 12.3. The van der Waals surface area contributed by atoms with Gasteiger partial charge in [-0.25, -0.2) is 9.80 Å². The van der Waals surface area contributed by atoms with Gasteiger partial charge in [0.2, 0.25) is 0 Å². The Hall–Kier alpha value is -2.89. The van der Waals surface area contributed by atoms with Gasteiger partial charge in [0, 0.05) is 18.0 Å². The van der Waals surface area contributed by atoms with E-state index in [0.29, 0.717) is 29.1 Å². The van der Waals surface area contributed by atoms with E-state index in [1.165, 1.54) is 24.3 Å². The van der Waals surface area contributed by atoms with Crippen LogP contribution in [0.3, 0.4) is 0 Å². The van der Waals surface area contributed by atoms with Crippen LogP contribution in [-0.2, 0) is 0 Å². The minimum absolute atomic E-state index is 0.284. The summed E-state index contributed by atoms with van der Waals surface area (Å²) >= 11 is 0. The molecule has 150 valence electrons. The molecule has 1 aromatic heterocycles. The van der Waals surface area contributed by atoms with Gasteiger partial charge >= 0.3 is 6.09 Å². The quantitative estimate of drug-likeness (QED) is 0.796. The Morgan fingerprint density at radius 3 is 2.10 bits per heavy atom. The van der Waals surface area contributed by atoms with E-state index in [1.807, 2.05) is 18.2 Å². The third-order valence-electron chi connectivity index (χ3n) is 6.77. The number of carbonyl (C=O) groups is 2. The number of hydrazine groups is 1. The molecule has 29 heavy (non-hydrogen) atoms. The molecular weight excluding hydrogens is 366 g/mol. The van der Waals surface area contributed by atoms with Crippen LogP contribution in [0.2, 0.25) is 0 Å². The molecule has 4 saturated carbocycles. The summed E-state index contributed by atoms with van der Waals surface area (Å²) < 4.78 is 5.64. The highest BCUT2D eigenvalue weighted by Crippen LogP contribution is 2.57. The van der Waals surface area contributed by atoms with Crippen LogP contribution in [0.1, 0.15) is 48.9 Å². The first-order valence-corrected chi connectivity index (χ1v) is 10.4. The molecule has 0 aliphatic heterocycles. The number of benzene rings is 1. The van der Waals surface area contributed by atoms with Crippen molar-refractivity contribution in [2.24, 2.45) is 17.8 Å². The maximum absolute atomic E-state index is 13.3. The number of rotatable bonds is 3. The normalized spacial score (nSPS) is 29.3. The zero-order valence-electron chi connectivity index (χ0n) is 16.3. The molecule has 0 saturated heterocycles. The van der Waals surface area contributed by atoms with Gasteiger partial charge < -0.3 is 4.74 Å². The summed E-state index contributed by atoms with van der Waals surface area (Å²) in [5.74, 6) is 2.03. The van der Waals surface area contributed by atoms with E-state index in [0.717, 1.165) is 19.3 Å². The van der Waals surface area contributed by atoms with Crippen molar-refractivity contribution in [3.8, 4) is 5.75 Å². The van der Waals surface area contributed by atoms with Crippen LogP contribution in [-0.4, -0.2) is 27.5 Å². The van der Waals surface area contributed by atoms with Crippen molar-refractivity contribution in [1.29, 1.82) is 0 Å². The van der Waals surface area contributed by atoms with Crippen molar-refractivity contribution >= 4 is 12.0 Å². The number of pyridine rings is 1. The van der Waals surface area contributed by atoms with Crippen LogP contribution in [0.4, 0.5) is 4.79 Å². The van der Waals surface area contributed by atoms with Crippen LogP contribution in [0.15, 0.2) is 54.9 Å². The molecule has 4 aliphatic rings. The number of carbonyl (C=O) groups excluding carboxylic acids is 2. The van der Waals surface area contributed by atoms with Gasteiger partial charge in [0.05, 0.1) is 5.54 Å². The Labute approximate surface area is 170 Å². The third kappa shape index (κ3) is 3.48. The highest BCUT2D eigenvalue weighted by molar-refractivity contribution is 5.95. The summed E-state index contributed by atoms with van der Waals surface area (Å²) in [6.45, 7) is 0. The number of aromatic nitrogens is 1. The van der Waals surface area contributed by atoms with Gasteiger partial charge in [-0.3, -0.25) is 15.2 Å². The number of nitrogens with one attached hydrogen (secondary N) is 1. The van der Waals surface area contributed by atoms with E-state index in [1.54, 1.807) is 36.7 Å². The summed E-state index contributed by atoms with van der Waals surface area (Å²) in [5.41, 5.74) is 3.08. The monoisotopic (exact) mass is 391 g/mol. The molecule has 0 unspecified atom stereocenters. The van der Waals surface area contributed by atoms with Crippen LogP contribution >= 0.6 is 0 Å². The second-order valence-corrected chi connectivity index (χ2v) is 8.84. The zero-order valence-corrected chi connectivity index (χ0v) is 16.3. The van der Waals surface area contributed by atoms with Gasteiger partial charge in [0.25, 0.3) is 5.91 Å². The Balaban J connectivity index is 1.44. The molecule has 2 amide bonds. The number of hydrogen-bond acceptors (Lipinski definition) is 4. The third-order valence-corrected chi connectivity index (χ3v) is 6.77. The number of nitrogens with zero attached hydrogens (tertiary/aromatic N) is 2. The molecule has 0 spiro atoms. The molecule has 1 aromatic carbocycles. The number of amides is 2. The molecule has 0 atom stereocenters. The zero-order chi connectivity index (χ0) is 19.8. The maximum Gasteiger partial charge on any atom is 0.434 e. The fraction of sp³-hybridized carbons (Fsp3) is 0.435.